The van der Waals surface area contributed by atoms with E-state index in [1.54, 1.807) is 55.5 Å². The summed E-state index contributed by atoms with van der Waals surface area (Å²) in [6.45, 7) is 1.57. The van der Waals surface area contributed by atoms with Gasteiger partial charge in [0.25, 0.3) is 27.3 Å². The molecule has 11 nitrogen and oxygen atoms in total. The van der Waals surface area contributed by atoms with Crippen LogP contribution in [0.3, 0.4) is 0 Å². The van der Waals surface area contributed by atoms with E-state index in [0.717, 1.165) is 12.1 Å². The van der Waals surface area contributed by atoms with Crippen LogP contribution < -0.4 is 0 Å². The fourth-order valence-corrected chi connectivity index (χ4v) is 5.48. The highest BCUT2D eigenvalue weighted by Crippen LogP contribution is 2.33. The van der Waals surface area contributed by atoms with E-state index in [9.17, 15) is 33.4 Å². The second-order valence-electron chi connectivity index (χ2n) is 7.92. The molecular weight excluding hydrogens is 488 g/mol. The van der Waals surface area contributed by atoms with Crippen molar-refractivity contribution in [3.05, 3.63) is 92.5 Å². The number of non-ortho nitro benzene ring substituents is 1. The summed E-state index contributed by atoms with van der Waals surface area (Å²) in [5, 5.41) is 23.6. The molecule has 36 heavy (non-hydrogen) atoms. The van der Waals surface area contributed by atoms with Crippen LogP contribution in [0, 0.1) is 20.2 Å². The summed E-state index contributed by atoms with van der Waals surface area (Å²) < 4.78 is 28.1. The van der Waals surface area contributed by atoms with Gasteiger partial charge in [0.2, 0.25) is 0 Å². The van der Waals surface area contributed by atoms with Crippen LogP contribution in [0.4, 0.5) is 11.4 Å². The number of amides is 1. The van der Waals surface area contributed by atoms with Crippen molar-refractivity contribution < 1.29 is 23.1 Å². The van der Waals surface area contributed by atoms with Crippen LogP contribution in [-0.2, 0) is 10.0 Å². The number of aromatic nitrogens is 1. The van der Waals surface area contributed by atoms with Crippen molar-refractivity contribution in [1.29, 1.82) is 0 Å². The van der Waals surface area contributed by atoms with Gasteiger partial charge in [-0.2, -0.15) is 0 Å². The fourth-order valence-electron chi connectivity index (χ4n) is 3.93. The number of fused-ring (bicyclic) bond motifs is 2. The zero-order chi connectivity index (χ0) is 26.0. The first-order chi connectivity index (χ1) is 17.2. The maximum Gasteiger partial charge on any atom is 0.296 e. The number of nitro groups is 2. The van der Waals surface area contributed by atoms with Gasteiger partial charge in [0.1, 0.15) is 0 Å². The molecule has 0 spiro atoms. The molecule has 0 N–H and O–H groups in total. The summed E-state index contributed by atoms with van der Waals surface area (Å²) >= 11 is 0. The van der Waals surface area contributed by atoms with Crippen molar-refractivity contribution in [2.24, 2.45) is 0 Å². The monoisotopic (exact) mass is 508 g/mol. The molecule has 3 aromatic carbocycles. The molecule has 0 unspecified atom stereocenters. The van der Waals surface area contributed by atoms with Gasteiger partial charge in [0.05, 0.1) is 32.5 Å². The Kier molecular flexibility index (Phi) is 6.62. The van der Waals surface area contributed by atoms with Crippen LogP contribution in [-0.4, -0.2) is 40.0 Å². The molecule has 0 aliphatic rings. The molecule has 184 valence electrons. The summed E-state index contributed by atoms with van der Waals surface area (Å²) in [6.07, 6.45) is 0.839. The number of rotatable bonds is 8. The standard InChI is InChI=1S/C24H20N4O7S/c1-2-3-14-26(36(34,35)22-13-12-16(27(30)31)15-21(22)28(32)33)24(29)23-17-8-4-6-10-19(17)25-20-11-7-5-9-18(20)23/h4-13,15H,2-3,14H2,1H3. The minimum Gasteiger partial charge on any atom is -0.268 e. The number of para-hydroxylation sites is 2. The highest BCUT2D eigenvalue weighted by atomic mass is 32.2. The highest BCUT2D eigenvalue weighted by Gasteiger charge is 2.37. The van der Waals surface area contributed by atoms with Crippen LogP contribution in [0.25, 0.3) is 21.8 Å². The number of benzene rings is 3. The summed E-state index contributed by atoms with van der Waals surface area (Å²) in [4.78, 5) is 38.7. The third-order valence-electron chi connectivity index (χ3n) is 5.66. The number of carbonyl (C=O) groups is 1. The second-order valence-corrected chi connectivity index (χ2v) is 9.75. The lowest BCUT2D eigenvalue weighted by Crippen LogP contribution is -2.38. The lowest BCUT2D eigenvalue weighted by atomic mass is 10.0. The van der Waals surface area contributed by atoms with E-state index in [2.05, 4.69) is 4.98 Å². The van der Waals surface area contributed by atoms with Gasteiger partial charge in [0.15, 0.2) is 4.90 Å². The first-order valence-corrected chi connectivity index (χ1v) is 12.4. The van der Waals surface area contributed by atoms with E-state index in [1.807, 2.05) is 0 Å². The van der Waals surface area contributed by atoms with E-state index in [0.29, 0.717) is 45.0 Å². The Hall–Kier alpha value is -4.45. The maximum atomic E-state index is 14.0. The zero-order valence-electron chi connectivity index (χ0n) is 19.0. The van der Waals surface area contributed by atoms with Crippen molar-refractivity contribution >= 4 is 49.1 Å². The molecule has 0 aliphatic heterocycles. The predicted molar refractivity (Wildman–Crippen MR) is 132 cm³/mol. The number of hydrogen-bond donors (Lipinski definition) is 0. The molecular formula is C24H20N4O7S. The SMILES string of the molecule is CCCCN(C(=O)c1c2ccccc2nc2ccccc12)S(=O)(=O)c1ccc([N+](=O)[O-])cc1[N+](=O)[O-]. The lowest BCUT2D eigenvalue weighted by molar-refractivity contribution is -0.396. The number of pyridine rings is 1. The van der Waals surface area contributed by atoms with Gasteiger partial charge < -0.3 is 0 Å². The average Bonchev–Trinajstić information content (AvgIpc) is 2.86. The van der Waals surface area contributed by atoms with Gasteiger partial charge in [-0.15, -0.1) is 0 Å². The van der Waals surface area contributed by atoms with Crippen LogP contribution in [0.5, 0.6) is 0 Å². The van der Waals surface area contributed by atoms with E-state index in [1.165, 1.54) is 0 Å². The third-order valence-corrected chi connectivity index (χ3v) is 7.49. The Morgan fingerprint density at radius 1 is 0.917 bits per heavy atom. The van der Waals surface area contributed by atoms with Crippen molar-refractivity contribution in [3.63, 3.8) is 0 Å². The van der Waals surface area contributed by atoms with Crippen LogP contribution >= 0.6 is 0 Å². The van der Waals surface area contributed by atoms with Crippen molar-refractivity contribution in [2.45, 2.75) is 24.7 Å². The largest absolute Gasteiger partial charge is 0.296 e. The molecule has 0 radical (unpaired) electrons. The number of nitrogens with zero attached hydrogens (tertiary/aromatic N) is 4. The van der Waals surface area contributed by atoms with Gasteiger partial charge in [-0.1, -0.05) is 49.7 Å². The molecule has 0 fully saturated rings. The predicted octanol–water partition coefficient (Wildman–Crippen LogP) is 4.84. The number of sulfonamides is 1. The Morgan fingerprint density at radius 2 is 1.50 bits per heavy atom. The zero-order valence-corrected chi connectivity index (χ0v) is 19.8. The minimum atomic E-state index is -4.78. The number of unbranched alkanes of at least 4 members (excludes halogenated alkanes) is 1. The normalized spacial score (nSPS) is 11.5. The van der Waals surface area contributed by atoms with Crippen molar-refractivity contribution in [2.75, 3.05) is 6.54 Å². The topological polar surface area (TPSA) is 154 Å². The van der Waals surface area contributed by atoms with Crippen molar-refractivity contribution in [1.82, 2.24) is 9.29 Å². The first-order valence-electron chi connectivity index (χ1n) is 10.9. The molecule has 4 rings (SSSR count). The fraction of sp³-hybridized carbons (Fsp3) is 0.167. The van der Waals surface area contributed by atoms with Gasteiger partial charge in [0, 0.05) is 23.4 Å². The van der Waals surface area contributed by atoms with Gasteiger partial charge in [-0.25, -0.2) is 17.7 Å². The van der Waals surface area contributed by atoms with Crippen molar-refractivity contribution in [3.8, 4) is 0 Å². The number of hydrogen-bond acceptors (Lipinski definition) is 8. The molecule has 0 saturated heterocycles. The van der Waals surface area contributed by atoms with Gasteiger partial charge in [-0.3, -0.25) is 25.0 Å². The molecule has 0 aliphatic carbocycles. The molecule has 1 amide bonds. The summed E-state index contributed by atoms with van der Waals surface area (Å²) in [6, 6.07) is 15.8. The van der Waals surface area contributed by atoms with E-state index in [-0.39, 0.29) is 12.1 Å². The molecule has 1 heterocycles. The van der Waals surface area contributed by atoms with Crippen LogP contribution in [0.2, 0.25) is 0 Å². The summed E-state index contributed by atoms with van der Waals surface area (Å²) in [5.41, 5.74) is -0.566. The first kappa shape index (κ1) is 24.7. The van der Waals surface area contributed by atoms with E-state index < -0.39 is 42.0 Å². The van der Waals surface area contributed by atoms with E-state index >= 15 is 0 Å². The van der Waals surface area contributed by atoms with Crippen LogP contribution in [0.15, 0.2) is 71.6 Å². The summed E-state index contributed by atoms with van der Waals surface area (Å²) in [7, 11) is -4.78. The summed E-state index contributed by atoms with van der Waals surface area (Å²) in [5.74, 6) is -0.870. The van der Waals surface area contributed by atoms with E-state index in [4.69, 9.17) is 0 Å². The molecule has 1 aromatic heterocycles. The second kappa shape index (κ2) is 9.66. The molecule has 0 bridgehead atoms. The minimum absolute atomic E-state index is 0.0976. The number of carbonyl (C=O) groups excluding carboxylic acids is 1. The smallest absolute Gasteiger partial charge is 0.268 e. The van der Waals surface area contributed by atoms with Gasteiger partial charge in [-0.05, 0) is 24.6 Å². The number of nitro benzene ring substituents is 2. The molecule has 0 saturated carbocycles. The highest BCUT2D eigenvalue weighted by molar-refractivity contribution is 7.89. The Bertz CT molecular complexity index is 1580. The van der Waals surface area contributed by atoms with Crippen LogP contribution in [0.1, 0.15) is 30.1 Å². The Balaban J connectivity index is 1.97. The molecule has 12 heteroatoms. The molecule has 4 aromatic rings. The molecule has 0 atom stereocenters. The maximum absolute atomic E-state index is 14.0. The lowest BCUT2D eigenvalue weighted by Gasteiger charge is -2.23. The average molecular weight is 509 g/mol. The Labute approximate surface area is 205 Å². The third kappa shape index (κ3) is 4.33. The Morgan fingerprint density at radius 3 is 2.03 bits per heavy atom. The quantitative estimate of drug-likeness (QED) is 0.186. The van der Waals surface area contributed by atoms with Gasteiger partial charge >= 0.3 is 0 Å².